The lowest BCUT2D eigenvalue weighted by Gasteiger charge is -2.18. The molecule has 124 valence electrons. The van der Waals surface area contributed by atoms with E-state index in [1.54, 1.807) is 0 Å². The second kappa shape index (κ2) is 5.68. The molecule has 1 aromatic carbocycles. The number of hydrogen-bond acceptors (Lipinski definition) is 4. The van der Waals surface area contributed by atoms with Gasteiger partial charge in [-0.25, -0.2) is 0 Å². The number of rotatable bonds is 1. The maximum Gasteiger partial charge on any atom is 0.392 e. The van der Waals surface area contributed by atoms with Crippen LogP contribution in [0.5, 0.6) is 6.01 Å². The van der Waals surface area contributed by atoms with Crippen LogP contribution in [-0.2, 0) is 12.0 Å². The number of aromatic nitrogens is 2. The fourth-order valence-corrected chi connectivity index (χ4v) is 2.61. The molecule has 1 aliphatic rings. The van der Waals surface area contributed by atoms with Gasteiger partial charge >= 0.3 is 11.8 Å². The molecule has 3 rings (SSSR count). The summed E-state index contributed by atoms with van der Waals surface area (Å²) >= 11 is 0. The minimum atomic E-state index is -0.454. The van der Waals surface area contributed by atoms with Gasteiger partial charge in [0.1, 0.15) is 12.6 Å². The van der Waals surface area contributed by atoms with Gasteiger partial charge in [-0.05, 0) is 40.9 Å². The summed E-state index contributed by atoms with van der Waals surface area (Å²) in [5.41, 5.74) is 2.22. The highest BCUT2D eigenvalue weighted by Gasteiger charge is 2.35. The molecule has 1 atom stereocenters. The van der Waals surface area contributed by atoms with Crippen LogP contribution in [0.2, 0.25) is 0 Å². The normalized spacial score (nSPS) is 16.1. The van der Waals surface area contributed by atoms with Crippen molar-refractivity contribution in [2.45, 2.75) is 45.8 Å². The number of nitrogens with zero attached hydrogens (tertiary/aromatic N) is 3. The van der Waals surface area contributed by atoms with E-state index in [0.717, 1.165) is 5.56 Å². The molecule has 2 heterocycles. The fourth-order valence-electron chi connectivity index (χ4n) is 2.61. The summed E-state index contributed by atoms with van der Waals surface area (Å²) in [5.74, 6) is 5.66. The summed E-state index contributed by atoms with van der Waals surface area (Å²) in [6, 6.07) is 8.15. The molecule has 1 unspecified atom stereocenters. The molecule has 6 heteroatoms. The highest BCUT2D eigenvalue weighted by molar-refractivity contribution is 5.49. The molecular formula is C18H19N3O3. The highest BCUT2D eigenvalue weighted by Crippen LogP contribution is 2.30. The third-order valence-electron chi connectivity index (χ3n) is 3.90. The zero-order valence-electron chi connectivity index (χ0n) is 14.2. The number of nitro groups is 1. The first-order valence-corrected chi connectivity index (χ1v) is 7.80. The average Bonchev–Trinajstić information content (AvgIpc) is 2.99. The van der Waals surface area contributed by atoms with Crippen molar-refractivity contribution in [2.75, 3.05) is 0 Å². The standard InChI is InChI=1S/C18H19N3O3/c1-12-11-20-16(21(22)23)15(19-17(20)24-12)10-7-13-5-8-14(9-6-13)18(2,3)4/h5-6,8-9,12H,11H2,1-4H3. The predicted octanol–water partition coefficient (Wildman–Crippen LogP) is 3.27. The van der Waals surface area contributed by atoms with E-state index in [4.69, 9.17) is 4.74 Å². The monoisotopic (exact) mass is 325 g/mol. The second-order valence-electron chi connectivity index (χ2n) is 6.94. The molecule has 6 nitrogen and oxygen atoms in total. The van der Waals surface area contributed by atoms with Gasteiger partial charge in [0.15, 0.2) is 0 Å². The van der Waals surface area contributed by atoms with Crippen molar-refractivity contribution < 1.29 is 9.66 Å². The SMILES string of the molecule is CC1Cn2c(nc(C#Cc3ccc(C(C)(C)C)cc3)c2[N+](=O)[O-])O1. The number of hydrogen-bond donors (Lipinski definition) is 0. The molecule has 0 aliphatic carbocycles. The Labute approximate surface area is 140 Å². The number of benzene rings is 1. The van der Waals surface area contributed by atoms with Crippen LogP contribution in [0.1, 0.15) is 44.5 Å². The molecule has 0 spiro atoms. The molecule has 0 fully saturated rings. The van der Waals surface area contributed by atoms with Gasteiger partial charge in [0.25, 0.3) is 0 Å². The molecule has 24 heavy (non-hydrogen) atoms. The maximum atomic E-state index is 11.3. The lowest BCUT2D eigenvalue weighted by molar-refractivity contribution is -0.392. The quantitative estimate of drug-likeness (QED) is 0.458. The largest absolute Gasteiger partial charge is 0.440 e. The molecule has 0 saturated carbocycles. The first kappa shape index (κ1) is 16.1. The van der Waals surface area contributed by atoms with Gasteiger partial charge in [-0.1, -0.05) is 38.8 Å². The Morgan fingerprint density at radius 1 is 1.29 bits per heavy atom. The third-order valence-corrected chi connectivity index (χ3v) is 3.90. The summed E-state index contributed by atoms with van der Waals surface area (Å²) < 4.78 is 6.93. The van der Waals surface area contributed by atoms with E-state index in [-0.39, 0.29) is 29.0 Å². The molecular weight excluding hydrogens is 306 g/mol. The van der Waals surface area contributed by atoms with E-state index in [1.807, 2.05) is 31.2 Å². The Bertz CT molecular complexity index is 849. The molecule has 0 bridgehead atoms. The smallest absolute Gasteiger partial charge is 0.392 e. The summed E-state index contributed by atoms with van der Waals surface area (Å²) in [7, 11) is 0. The zero-order valence-corrected chi connectivity index (χ0v) is 14.2. The Balaban J connectivity index is 1.92. The van der Waals surface area contributed by atoms with Crippen molar-refractivity contribution in [1.29, 1.82) is 0 Å². The maximum absolute atomic E-state index is 11.3. The van der Waals surface area contributed by atoms with Gasteiger partial charge in [0, 0.05) is 5.56 Å². The van der Waals surface area contributed by atoms with E-state index < -0.39 is 4.92 Å². The van der Waals surface area contributed by atoms with Crippen LogP contribution in [0.3, 0.4) is 0 Å². The van der Waals surface area contributed by atoms with Gasteiger partial charge in [-0.2, -0.15) is 9.55 Å². The molecule has 1 aromatic heterocycles. The van der Waals surface area contributed by atoms with Crippen molar-refractivity contribution in [2.24, 2.45) is 0 Å². The molecule has 1 aliphatic heterocycles. The van der Waals surface area contributed by atoms with Gasteiger partial charge in [0.2, 0.25) is 5.69 Å². The molecule has 0 saturated heterocycles. The Morgan fingerprint density at radius 3 is 2.54 bits per heavy atom. The molecule has 0 radical (unpaired) electrons. The summed E-state index contributed by atoms with van der Waals surface area (Å²) in [5, 5.41) is 11.3. The van der Waals surface area contributed by atoms with E-state index >= 15 is 0 Å². The number of ether oxygens (including phenoxy) is 1. The van der Waals surface area contributed by atoms with Crippen LogP contribution in [0, 0.1) is 22.0 Å². The summed E-state index contributed by atoms with van der Waals surface area (Å²) in [6.45, 7) is 8.70. The summed E-state index contributed by atoms with van der Waals surface area (Å²) in [4.78, 5) is 15.0. The topological polar surface area (TPSA) is 70.2 Å². The first-order chi connectivity index (χ1) is 11.3. The zero-order chi connectivity index (χ0) is 17.5. The Morgan fingerprint density at radius 2 is 1.96 bits per heavy atom. The van der Waals surface area contributed by atoms with Crippen LogP contribution in [-0.4, -0.2) is 20.6 Å². The van der Waals surface area contributed by atoms with Gasteiger partial charge in [-0.3, -0.25) is 0 Å². The predicted molar refractivity (Wildman–Crippen MR) is 90.1 cm³/mol. The van der Waals surface area contributed by atoms with Crippen LogP contribution < -0.4 is 4.74 Å². The minimum absolute atomic E-state index is 0.0729. The minimum Gasteiger partial charge on any atom is -0.440 e. The second-order valence-corrected chi connectivity index (χ2v) is 6.94. The van der Waals surface area contributed by atoms with Crippen LogP contribution in [0.4, 0.5) is 5.82 Å². The van der Waals surface area contributed by atoms with Gasteiger partial charge in [-0.15, -0.1) is 0 Å². The van der Waals surface area contributed by atoms with Crippen LogP contribution >= 0.6 is 0 Å². The van der Waals surface area contributed by atoms with E-state index in [2.05, 4.69) is 37.6 Å². The van der Waals surface area contributed by atoms with E-state index in [1.165, 1.54) is 10.1 Å². The Hall–Kier alpha value is -2.81. The molecule has 0 N–H and O–H groups in total. The third kappa shape index (κ3) is 2.98. The average molecular weight is 325 g/mol. The van der Waals surface area contributed by atoms with Crippen molar-refractivity contribution in [1.82, 2.24) is 9.55 Å². The van der Waals surface area contributed by atoms with Gasteiger partial charge in [0.05, 0.1) is 0 Å². The molecule has 2 aromatic rings. The fraction of sp³-hybridized carbons (Fsp3) is 0.389. The van der Waals surface area contributed by atoms with Crippen LogP contribution in [0.25, 0.3) is 0 Å². The lowest BCUT2D eigenvalue weighted by atomic mass is 9.87. The summed E-state index contributed by atoms with van der Waals surface area (Å²) in [6.07, 6.45) is -0.113. The van der Waals surface area contributed by atoms with Crippen molar-refractivity contribution >= 4 is 5.82 Å². The van der Waals surface area contributed by atoms with Crippen molar-refractivity contribution in [3.8, 4) is 17.9 Å². The Kier molecular flexibility index (Phi) is 3.80. The number of imidazole rings is 1. The van der Waals surface area contributed by atoms with Crippen molar-refractivity contribution in [3.05, 3.63) is 51.2 Å². The molecule has 0 amide bonds. The van der Waals surface area contributed by atoms with Crippen LogP contribution in [0.15, 0.2) is 24.3 Å². The lowest BCUT2D eigenvalue weighted by Crippen LogP contribution is -2.10. The first-order valence-electron chi connectivity index (χ1n) is 7.80. The van der Waals surface area contributed by atoms with Gasteiger partial charge < -0.3 is 14.9 Å². The van der Waals surface area contributed by atoms with E-state index in [9.17, 15) is 10.1 Å². The van der Waals surface area contributed by atoms with Crippen molar-refractivity contribution in [3.63, 3.8) is 0 Å². The highest BCUT2D eigenvalue weighted by atomic mass is 16.6. The van der Waals surface area contributed by atoms with E-state index in [0.29, 0.717) is 6.54 Å². The number of fused-ring (bicyclic) bond motifs is 1.